The van der Waals surface area contributed by atoms with Crippen LogP contribution in [0, 0.1) is 5.82 Å². The lowest BCUT2D eigenvalue weighted by molar-refractivity contribution is 0.0695. The van der Waals surface area contributed by atoms with Crippen molar-refractivity contribution < 1.29 is 13.9 Å². The molecule has 0 bridgehead atoms. The van der Waals surface area contributed by atoms with Crippen LogP contribution in [0.2, 0.25) is 0 Å². The molecule has 18 heavy (non-hydrogen) atoms. The van der Waals surface area contributed by atoms with Crippen LogP contribution in [0.4, 0.5) is 4.39 Å². The maximum absolute atomic E-state index is 13.0. The van der Waals surface area contributed by atoms with Crippen LogP contribution in [0.15, 0.2) is 22.7 Å². The van der Waals surface area contributed by atoms with E-state index >= 15 is 0 Å². The molecule has 0 spiro atoms. The molecule has 0 saturated carbocycles. The molecule has 0 aromatic heterocycles. The molecule has 1 aromatic rings. The van der Waals surface area contributed by atoms with Gasteiger partial charge in [0.1, 0.15) is 5.82 Å². The van der Waals surface area contributed by atoms with E-state index in [4.69, 9.17) is 9.47 Å². The summed E-state index contributed by atoms with van der Waals surface area (Å²) in [6, 6.07) is 4.70. The number of methoxy groups -OCH3 is 1. The van der Waals surface area contributed by atoms with Gasteiger partial charge in [0.25, 0.3) is 0 Å². The molecule has 1 N–H and O–H groups in total. The Morgan fingerprint density at radius 3 is 2.89 bits per heavy atom. The van der Waals surface area contributed by atoms with E-state index in [-0.39, 0.29) is 5.82 Å². The number of hydrogen-bond donors (Lipinski definition) is 1. The number of rotatable bonds is 9. The van der Waals surface area contributed by atoms with Crippen LogP contribution >= 0.6 is 15.9 Å². The third-order valence-corrected chi connectivity index (χ3v) is 3.17. The topological polar surface area (TPSA) is 30.5 Å². The fraction of sp³-hybridized carbons (Fsp3) is 0.538. The van der Waals surface area contributed by atoms with Crippen LogP contribution < -0.4 is 5.32 Å². The Hall–Kier alpha value is -0.490. The molecule has 1 aromatic carbocycles. The maximum atomic E-state index is 13.0. The average Bonchev–Trinajstić information content (AvgIpc) is 2.36. The number of hydrogen-bond acceptors (Lipinski definition) is 3. The summed E-state index contributed by atoms with van der Waals surface area (Å²) in [6.45, 7) is 3.46. The van der Waals surface area contributed by atoms with Gasteiger partial charge in [-0.1, -0.05) is 15.9 Å². The summed E-state index contributed by atoms with van der Waals surface area (Å²) in [4.78, 5) is 0. The van der Waals surface area contributed by atoms with Crippen molar-refractivity contribution in [1.29, 1.82) is 0 Å². The van der Waals surface area contributed by atoms with Crippen LogP contribution in [0.1, 0.15) is 12.0 Å². The summed E-state index contributed by atoms with van der Waals surface area (Å²) < 4.78 is 24.1. The Morgan fingerprint density at radius 2 is 2.11 bits per heavy atom. The van der Waals surface area contributed by atoms with Crippen molar-refractivity contribution in [2.24, 2.45) is 0 Å². The minimum absolute atomic E-state index is 0.210. The van der Waals surface area contributed by atoms with Crippen molar-refractivity contribution in [3.8, 4) is 0 Å². The van der Waals surface area contributed by atoms with Crippen LogP contribution in [0.3, 0.4) is 0 Å². The first-order valence-corrected chi connectivity index (χ1v) is 6.74. The number of halogens is 2. The smallest absolute Gasteiger partial charge is 0.123 e. The van der Waals surface area contributed by atoms with E-state index < -0.39 is 0 Å². The first-order chi connectivity index (χ1) is 8.74. The summed E-state index contributed by atoms with van der Waals surface area (Å²) in [5.41, 5.74) is 0.926. The van der Waals surface area contributed by atoms with Gasteiger partial charge in [-0.3, -0.25) is 0 Å². The number of benzene rings is 1. The third-order valence-electron chi connectivity index (χ3n) is 2.40. The van der Waals surface area contributed by atoms with E-state index in [1.807, 2.05) is 0 Å². The van der Waals surface area contributed by atoms with E-state index in [1.165, 1.54) is 12.1 Å². The fourth-order valence-corrected chi connectivity index (χ4v) is 1.83. The van der Waals surface area contributed by atoms with E-state index in [9.17, 15) is 4.39 Å². The van der Waals surface area contributed by atoms with E-state index in [0.717, 1.165) is 23.0 Å². The molecule has 3 nitrogen and oxygen atoms in total. The van der Waals surface area contributed by atoms with Crippen LogP contribution in [0.25, 0.3) is 0 Å². The second-order valence-electron chi connectivity index (χ2n) is 3.87. The molecule has 0 fully saturated rings. The Morgan fingerprint density at radius 1 is 1.28 bits per heavy atom. The van der Waals surface area contributed by atoms with Crippen LogP contribution in [-0.2, 0) is 16.0 Å². The lowest BCUT2D eigenvalue weighted by Gasteiger charge is -2.07. The molecule has 0 saturated heterocycles. The van der Waals surface area contributed by atoms with Gasteiger partial charge in [0.05, 0.1) is 13.2 Å². The van der Waals surface area contributed by atoms with Gasteiger partial charge < -0.3 is 14.8 Å². The van der Waals surface area contributed by atoms with Gasteiger partial charge in [0.2, 0.25) is 0 Å². The van der Waals surface area contributed by atoms with Gasteiger partial charge in [0.15, 0.2) is 0 Å². The second kappa shape index (κ2) is 9.44. The summed E-state index contributed by atoms with van der Waals surface area (Å²) in [5.74, 6) is -0.210. The molecule has 0 aliphatic heterocycles. The van der Waals surface area contributed by atoms with Crippen molar-refractivity contribution in [1.82, 2.24) is 5.32 Å². The summed E-state index contributed by atoms with van der Waals surface area (Å²) in [6.07, 6.45) is 0.927. The Bertz CT molecular complexity index is 350. The zero-order chi connectivity index (χ0) is 13.2. The monoisotopic (exact) mass is 319 g/mol. The summed E-state index contributed by atoms with van der Waals surface area (Å²) in [5, 5.41) is 3.25. The zero-order valence-electron chi connectivity index (χ0n) is 10.5. The lowest BCUT2D eigenvalue weighted by atomic mass is 10.2. The molecule has 0 heterocycles. The van der Waals surface area contributed by atoms with Gasteiger partial charge in [-0.15, -0.1) is 0 Å². The molecule has 0 unspecified atom stereocenters. The number of ether oxygens (including phenoxy) is 2. The largest absolute Gasteiger partial charge is 0.382 e. The van der Waals surface area contributed by atoms with Crippen molar-refractivity contribution in [2.75, 3.05) is 33.5 Å². The molecular weight excluding hydrogens is 301 g/mol. The van der Waals surface area contributed by atoms with Crippen molar-refractivity contribution in [3.63, 3.8) is 0 Å². The third kappa shape index (κ3) is 6.44. The number of nitrogens with one attached hydrogen (secondary N) is 1. The SMILES string of the molecule is COCCOCCCNCc1cc(F)ccc1Br. The highest BCUT2D eigenvalue weighted by atomic mass is 79.9. The van der Waals surface area contributed by atoms with Gasteiger partial charge >= 0.3 is 0 Å². The zero-order valence-corrected chi connectivity index (χ0v) is 12.1. The summed E-state index contributed by atoms with van der Waals surface area (Å²) >= 11 is 3.40. The molecule has 0 atom stereocenters. The highest BCUT2D eigenvalue weighted by Crippen LogP contribution is 2.17. The van der Waals surface area contributed by atoms with Crippen molar-refractivity contribution >= 4 is 15.9 Å². The second-order valence-corrected chi connectivity index (χ2v) is 4.73. The van der Waals surface area contributed by atoms with Gasteiger partial charge in [-0.25, -0.2) is 4.39 Å². The van der Waals surface area contributed by atoms with Crippen molar-refractivity contribution in [3.05, 3.63) is 34.1 Å². The molecule has 0 aliphatic rings. The molecule has 0 amide bonds. The molecule has 0 aliphatic carbocycles. The summed E-state index contributed by atoms with van der Waals surface area (Å²) in [7, 11) is 1.65. The van der Waals surface area contributed by atoms with E-state index in [2.05, 4.69) is 21.2 Å². The van der Waals surface area contributed by atoms with Gasteiger partial charge in [0, 0.05) is 24.7 Å². The normalized spacial score (nSPS) is 10.8. The predicted octanol–water partition coefficient (Wildman–Crippen LogP) is 2.73. The predicted molar refractivity (Wildman–Crippen MR) is 73.1 cm³/mol. The Labute approximate surface area is 116 Å². The molecule has 0 radical (unpaired) electrons. The molecule has 5 heteroatoms. The molecule has 102 valence electrons. The van der Waals surface area contributed by atoms with E-state index in [1.54, 1.807) is 13.2 Å². The molecular formula is C13H19BrFNO2. The standard InChI is InChI=1S/C13H19BrFNO2/c1-17-7-8-18-6-2-5-16-10-11-9-12(15)3-4-13(11)14/h3-4,9,16H,2,5-8,10H2,1H3. The van der Waals surface area contributed by atoms with Crippen LogP contribution in [-0.4, -0.2) is 33.5 Å². The minimum Gasteiger partial charge on any atom is -0.382 e. The first-order valence-electron chi connectivity index (χ1n) is 5.95. The Kier molecular flexibility index (Phi) is 8.17. The van der Waals surface area contributed by atoms with Crippen LogP contribution in [0.5, 0.6) is 0 Å². The molecule has 1 rings (SSSR count). The maximum Gasteiger partial charge on any atom is 0.123 e. The fourth-order valence-electron chi connectivity index (χ4n) is 1.45. The highest BCUT2D eigenvalue weighted by Gasteiger charge is 2.01. The van der Waals surface area contributed by atoms with E-state index in [0.29, 0.717) is 26.4 Å². The quantitative estimate of drug-likeness (QED) is 0.710. The first kappa shape index (κ1) is 15.6. The highest BCUT2D eigenvalue weighted by molar-refractivity contribution is 9.10. The van der Waals surface area contributed by atoms with Crippen molar-refractivity contribution in [2.45, 2.75) is 13.0 Å². The Balaban J connectivity index is 2.09. The minimum atomic E-state index is -0.210. The van der Waals surface area contributed by atoms with Gasteiger partial charge in [-0.05, 0) is 36.7 Å². The van der Waals surface area contributed by atoms with Gasteiger partial charge in [-0.2, -0.15) is 0 Å². The average molecular weight is 320 g/mol. The lowest BCUT2D eigenvalue weighted by Crippen LogP contribution is -2.17.